The number of nitrogens with zero attached hydrogens (tertiary/aromatic N) is 3. The first kappa shape index (κ1) is 17.4. The first-order valence-electron chi connectivity index (χ1n) is 9.78. The minimum Gasteiger partial charge on any atom is -0.507 e. The maximum absolute atomic E-state index is 10.5. The second kappa shape index (κ2) is 7.06. The molecule has 0 aliphatic carbocycles. The van der Waals surface area contributed by atoms with Gasteiger partial charge in [0.2, 0.25) is 0 Å². The van der Waals surface area contributed by atoms with E-state index in [9.17, 15) is 5.11 Å². The lowest BCUT2D eigenvalue weighted by molar-refractivity contribution is 0.472. The Bertz CT molecular complexity index is 1190. The normalized spacial score (nSPS) is 15.6. The van der Waals surface area contributed by atoms with Gasteiger partial charge in [0, 0.05) is 17.5 Å². The summed E-state index contributed by atoms with van der Waals surface area (Å²) in [7, 11) is 0. The summed E-state index contributed by atoms with van der Waals surface area (Å²) in [4.78, 5) is 5.01. The summed E-state index contributed by atoms with van der Waals surface area (Å²) in [5, 5.41) is 15.3. The Kier molecular flexibility index (Phi) is 4.24. The maximum atomic E-state index is 10.5. The average Bonchev–Trinajstić information content (AvgIpc) is 3.10. The Morgan fingerprint density at radius 2 is 1.52 bits per heavy atom. The van der Waals surface area contributed by atoms with Gasteiger partial charge < -0.3 is 5.11 Å². The van der Waals surface area contributed by atoms with Gasteiger partial charge in [0.25, 0.3) is 0 Å². The van der Waals surface area contributed by atoms with Gasteiger partial charge in [-0.3, -0.25) is 0 Å². The molecule has 5 rings (SSSR count). The monoisotopic (exact) mass is 379 g/mol. The van der Waals surface area contributed by atoms with Crippen molar-refractivity contribution in [3.63, 3.8) is 0 Å². The molecule has 0 radical (unpaired) electrons. The zero-order valence-electron chi connectivity index (χ0n) is 16.2. The molecule has 4 heteroatoms. The zero-order valence-corrected chi connectivity index (χ0v) is 16.2. The number of phenolic OH excluding ortho intramolecular Hbond substituents is 1. The molecule has 0 fully saturated rings. The molecule has 2 heterocycles. The van der Waals surface area contributed by atoms with E-state index < -0.39 is 0 Å². The van der Waals surface area contributed by atoms with Gasteiger partial charge in [-0.2, -0.15) is 5.10 Å². The summed E-state index contributed by atoms with van der Waals surface area (Å²) in [6.45, 7) is 2.03. The lowest BCUT2D eigenvalue weighted by Gasteiger charge is -2.25. The summed E-state index contributed by atoms with van der Waals surface area (Å²) in [5.41, 5.74) is 5.92. The molecule has 1 aromatic heterocycles. The molecule has 29 heavy (non-hydrogen) atoms. The van der Waals surface area contributed by atoms with Crippen LogP contribution in [-0.2, 0) is 0 Å². The number of aryl methyl sites for hydroxylation is 1. The third-order valence-electron chi connectivity index (χ3n) is 5.44. The van der Waals surface area contributed by atoms with Crippen molar-refractivity contribution in [1.82, 2.24) is 9.78 Å². The van der Waals surface area contributed by atoms with Crippen LogP contribution in [0.3, 0.4) is 0 Å². The fourth-order valence-electron chi connectivity index (χ4n) is 4.07. The van der Waals surface area contributed by atoms with E-state index in [1.165, 1.54) is 5.56 Å². The smallest absolute Gasteiger partial charge is 0.159 e. The lowest BCUT2D eigenvalue weighted by Crippen LogP contribution is -2.21. The summed E-state index contributed by atoms with van der Waals surface area (Å²) in [6, 6.07) is 28.1. The second-order valence-electron chi connectivity index (χ2n) is 7.30. The van der Waals surface area contributed by atoms with Crippen LogP contribution in [-0.4, -0.2) is 20.6 Å². The molecule has 1 aliphatic heterocycles. The van der Waals surface area contributed by atoms with Gasteiger partial charge in [0.15, 0.2) is 5.82 Å². The van der Waals surface area contributed by atoms with Crippen molar-refractivity contribution in [2.45, 2.75) is 19.4 Å². The molecular weight excluding hydrogens is 358 g/mol. The van der Waals surface area contributed by atoms with Crippen LogP contribution in [0, 0.1) is 6.92 Å². The van der Waals surface area contributed by atoms with Crippen molar-refractivity contribution in [3.05, 3.63) is 102 Å². The van der Waals surface area contributed by atoms with Crippen LogP contribution in [0.15, 0.2) is 89.9 Å². The Morgan fingerprint density at radius 3 is 2.24 bits per heavy atom. The Balaban J connectivity index is 1.75. The molecule has 0 saturated heterocycles. The van der Waals surface area contributed by atoms with E-state index in [-0.39, 0.29) is 11.8 Å². The number of aromatic hydroxyl groups is 1. The fourth-order valence-corrected chi connectivity index (χ4v) is 4.07. The van der Waals surface area contributed by atoms with E-state index in [1.54, 1.807) is 6.07 Å². The number of rotatable bonds is 3. The molecule has 0 saturated carbocycles. The predicted molar refractivity (Wildman–Crippen MR) is 116 cm³/mol. The van der Waals surface area contributed by atoms with Gasteiger partial charge in [-0.05, 0) is 30.2 Å². The topological polar surface area (TPSA) is 50.4 Å². The summed E-state index contributed by atoms with van der Waals surface area (Å²) in [6.07, 6.45) is 0.671. The molecule has 0 unspecified atom stereocenters. The Labute approximate surface area is 169 Å². The van der Waals surface area contributed by atoms with Gasteiger partial charge in [0.05, 0.1) is 17.4 Å². The lowest BCUT2D eigenvalue weighted by atomic mass is 9.95. The SMILES string of the molecule is Cc1nn2c(c1-c1ccccc1)N=C(c1ccccc1O)C[C@H]2c1ccccc1. The largest absolute Gasteiger partial charge is 0.507 e. The van der Waals surface area contributed by atoms with Crippen LogP contribution in [0.2, 0.25) is 0 Å². The maximum Gasteiger partial charge on any atom is 0.159 e. The third kappa shape index (κ3) is 3.03. The van der Waals surface area contributed by atoms with Crippen LogP contribution in [0.4, 0.5) is 5.82 Å². The molecule has 1 aliphatic rings. The second-order valence-corrected chi connectivity index (χ2v) is 7.30. The zero-order chi connectivity index (χ0) is 19.8. The molecule has 0 amide bonds. The molecule has 0 bridgehead atoms. The van der Waals surface area contributed by atoms with Gasteiger partial charge in [-0.25, -0.2) is 9.67 Å². The highest BCUT2D eigenvalue weighted by atomic mass is 16.3. The molecule has 1 atom stereocenters. The number of phenols is 1. The standard InChI is InChI=1S/C25H21N3O/c1-17-24(19-12-6-3-7-13-19)25-26-21(20-14-8-9-15-23(20)29)16-22(28(25)27-17)18-10-4-2-5-11-18/h2-15,22,29H,16H2,1H3/t22-/m0/s1. The number of aliphatic imine (C=N–C) groups is 1. The van der Waals surface area contributed by atoms with Crippen molar-refractivity contribution >= 4 is 11.5 Å². The minimum atomic E-state index is 0.0227. The highest BCUT2D eigenvalue weighted by Gasteiger charge is 2.30. The number of hydrogen-bond donors (Lipinski definition) is 1. The van der Waals surface area contributed by atoms with E-state index in [1.807, 2.05) is 54.1 Å². The van der Waals surface area contributed by atoms with E-state index in [0.29, 0.717) is 6.42 Å². The van der Waals surface area contributed by atoms with E-state index in [0.717, 1.165) is 33.9 Å². The van der Waals surface area contributed by atoms with Crippen LogP contribution in [0.1, 0.15) is 29.3 Å². The van der Waals surface area contributed by atoms with Crippen LogP contribution >= 0.6 is 0 Å². The van der Waals surface area contributed by atoms with E-state index >= 15 is 0 Å². The number of hydrogen-bond acceptors (Lipinski definition) is 3. The number of aromatic nitrogens is 2. The molecule has 4 nitrogen and oxygen atoms in total. The molecule has 1 N–H and O–H groups in total. The number of benzene rings is 3. The summed E-state index contributed by atoms with van der Waals surface area (Å²) >= 11 is 0. The highest BCUT2D eigenvalue weighted by Crippen LogP contribution is 2.42. The average molecular weight is 379 g/mol. The van der Waals surface area contributed by atoms with Gasteiger partial charge >= 0.3 is 0 Å². The molecule has 4 aromatic rings. The number of para-hydroxylation sites is 1. The quantitative estimate of drug-likeness (QED) is 0.498. The third-order valence-corrected chi connectivity index (χ3v) is 5.44. The molecule has 3 aromatic carbocycles. The Hall–Kier alpha value is -3.66. The van der Waals surface area contributed by atoms with Crippen LogP contribution < -0.4 is 0 Å². The summed E-state index contributed by atoms with van der Waals surface area (Å²) < 4.78 is 2.04. The Morgan fingerprint density at radius 1 is 0.862 bits per heavy atom. The van der Waals surface area contributed by atoms with Gasteiger partial charge in [0.1, 0.15) is 5.75 Å². The van der Waals surface area contributed by atoms with Crippen LogP contribution in [0.25, 0.3) is 11.1 Å². The molecular formula is C25H21N3O. The fraction of sp³-hybridized carbons (Fsp3) is 0.120. The molecule has 0 spiro atoms. The van der Waals surface area contributed by atoms with Crippen molar-refractivity contribution in [2.24, 2.45) is 4.99 Å². The predicted octanol–water partition coefficient (Wildman–Crippen LogP) is 5.68. The van der Waals surface area contributed by atoms with Crippen molar-refractivity contribution < 1.29 is 5.11 Å². The highest BCUT2D eigenvalue weighted by molar-refractivity contribution is 6.06. The van der Waals surface area contributed by atoms with Crippen molar-refractivity contribution in [2.75, 3.05) is 0 Å². The van der Waals surface area contributed by atoms with Crippen molar-refractivity contribution in [1.29, 1.82) is 0 Å². The summed E-state index contributed by atoms with van der Waals surface area (Å²) in [5.74, 6) is 1.09. The first-order chi connectivity index (χ1) is 14.2. The van der Waals surface area contributed by atoms with Gasteiger partial charge in [-0.1, -0.05) is 72.8 Å². The number of fused-ring (bicyclic) bond motifs is 1. The minimum absolute atomic E-state index is 0.0227. The van der Waals surface area contributed by atoms with E-state index in [4.69, 9.17) is 10.1 Å². The van der Waals surface area contributed by atoms with E-state index in [2.05, 4.69) is 36.4 Å². The molecule has 142 valence electrons. The first-order valence-corrected chi connectivity index (χ1v) is 9.78. The van der Waals surface area contributed by atoms with Crippen molar-refractivity contribution in [3.8, 4) is 16.9 Å². The van der Waals surface area contributed by atoms with Gasteiger partial charge in [-0.15, -0.1) is 0 Å². The van der Waals surface area contributed by atoms with Crippen LogP contribution in [0.5, 0.6) is 5.75 Å².